The minimum absolute atomic E-state index is 0.00632. The number of tetrazole rings is 1. The number of benzene rings is 3. The summed E-state index contributed by atoms with van der Waals surface area (Å²) in [4.78, 5) is 88.7. The van der Waals surface area contributed by atoms with E-state index in [0.717, 1.165) is 0 Å². The number of likely N-dealkylation sites (tertiary alicyclic amines) is 1. The van der Waals surface area contributed by atoms with Gasteiger partial charge in [0.05, 0.1) is 24.6 Å². The highest BCUT2D eigenvalue weighted by Gasteiger charge is 2.41. The molecule has 6 amide bonds. The molecule has 3 fully saturated rings. The topological polar surface area (TPSA) is 228 Å². The van der Waals surface area contributed by atoms with E-state index >= 15 is 0 Å². The number of carbonyl (C=O) groups excluding carboxylic acids is 5. The quantitative estimate of drug-likeness (QED) is 0.150. The van der Waals surface area contributed by atoms with Crippen LogP contribution < -0.4 is 15.5 Å². The third-order valence-electron chi connectivity index (χ3n) is 11.0. The molecule has 0 radical (unpaired) electrons. The van der Waals surface area contributed by atoms with Crippen LogP contribution in [0.5, 0.6) is 0 Å². The number of rotatable bonds is 10. The molecule has 0 aliphatic carbocycles. The zero-order valence-electron chi connectivity index (χ0n) is 32.1. The first kappa shape index (κ1) is 39.9. The lowest BCUT2D eigenvalue weighted by Gasteiger charge is -2.38. The highest BCUT2D eigenvalue weighted by Crippen LogP contribution is 2.30. The van der Waals surface area contributed by atoms with Crippen LogP contribution in [0.15, 0.2) is 73.1 Å². The Balaban J connectivity index is 0.977. The molecule has 3 aromatic carbocycles. The lowest BCUT2D eigenvalue weighted by atomic mass is 9.95. The van der Waals surface area contributed by atoms with E-state index in [1.165, 1.54) is 32.9 Å². The number of nitrogens with zero attached hydrogens (tertiary/aromatic N) is 8. The van der Waals surface area contributed by atoms with Crippen LogP contribution in [-0.2, 0) is 30.3 Å². The van der Waals surface area contributed by atoms with Gasteiger partial charge in [0, 0.05) is 78.9 Å². The number of fused-ring (bicyclic) bond motifs is 1. The highest BCUT2D eigenvalue weighted by molar-refractivity contribution is 6.41. The van der Waals surface area contributed by atoms with Crippen molar-refractivity contribution in [1.29, 1.82) is 0 Å². The van der Waals surface area contributed by atoms with Crippen LogP contribution in [0.1, 0.15) is 28.9 Å². The molecule has 5 aromatic rings. The minimum atomic E-state index is -1.17. The van der Waals surface area contributed by atoms with Gasteiger partial charge in [-0.05, 0) is 83.4 Å². The summed E-state index contributed by atoms with van der Waals surface area (Å²) in [5, 5.41) is 27.3. The molecular weight excluding hydrogens is 798 g/mol. The number of anilines is 3. The molecule has 3 aliphatic heterocycles. The SMILES string of the molecule is O=C(O)c1cc2cc(NC(=O)C(Cc3ccc(NC(=O)N4CCC(C(=O)N5CCOCC5)CC4)cc3)N3CCN(c4cc(Cl)ccc4-n4cnnn4)C(=O)C3=O)ccc2[nH]1. The van der Waals surface area contributed by atoms with Gasteiger partial charge in [0.15, 0.2) is 0 Å². The summed E-state index contributed by atoms with van der Waals surface area (Å²) in [6.07, 6.45) is 2.50. The molecular formula is C40H40ClN11O8. The number of carboxylic acids is 1. The molecule has 0 spiro atoms. The highest BCUT2D eigenvalue weighted by atomic mass is 35.5. The third-order valence-corrected chi connectivity index (χ3v) is 11.2. The number of nitrogens with one attached hydrogen (secondary N) is 3. The van der Waals surface area contributed by atoms with Gasteiger partial charge in [-0.15, -0.1) is 5.10 Å². The number of carboxylic acid groups (broad SMARTS) is 1. The Morgan fingerprint density at radius 2 is 1.58 bits per heavy atom. The van der Waals surface area contributed by atoms with Crippen LogP contribution in [0.3, 0.4) is 0 Å². The molecule has 1 unspecified atom stereocenters. The fraction of sp³-hybridized carbons (Fsp3) is 0.325. The second kappa shape index (κ2) is 17.2. The van der Waals surface area contributed by atoms with Gasteiger partial charge >= 0.3 is 23.8 Å². The maximum atomic E-state index is 14.2. The summed E-state index contributed by atoms with van der Waals surface area (Å²) >= 11 is 6.32. The zero-order valence-corrected chi connectivity index (χ0v) is 32.9. The molecule has 60 heavy (non-hydrogen) atoms. The van der Waals surface area contributed by atoms with Crippen molar-refractivity contribution in [2.24, 2.45) is 5.92 Å². The molecule has 0 saturated carbocycles. The van der Waals surface area contributed by atoms with Crippen molar-refractivity contribution >= 4 is 75.2 Å². The van der Waals surface area contributed by atoms with E-state index in [9.17, 15) is 33.9 Å². The second-order valence-corrected chi connectivity index (χ2v) is 15.1. The number of halogens is 1. The van der Waals surface area contributed by atoms with Gasteiger partial charge in [-0.3, -0.25) is 19.2 Å². The van der Waals surface area contributed by atoms with Gasteiger partial charge in [0.25, 0.3) is 0 Å². The van der Waals surface area contributed by atoms with Gasteiger partial charge in [-0.2, -0.15) is 4.68 Å². The lowest BCUT2D eigenvalue weighted by Crippen LogP contribution is -2.60. The molecule has 4 N–H and O–H groups in total. The molecule has 310 valence electrons. The lowest BCUT2D eigenvalue weighted by molar-refractivity contribution is -0.149. The van der Waals surface area contributed by atoms with Gasteiger partial charge in [0.2, 0.25) is 11.8 Å². The van der Waals surface area contributed by atoms with Gasteiger partial charge < -0.3 is 45.1 Å². The normalized spacial score (nSPS) is 16.9. The number of aromatic nitrogens is 5. The number of hydrogen-bond acceptors (Lipinski definition) is 10. The first-order chi connectivity index (χ1) is 29.0. The van der Waals surface area contributed by atoms with Crippen LogP contribution in [-0.4, -0.2) is 139 Å². The summed E-state index contributed by atoms with van der Waals surface area (Å²) in [6, 6.07) is 16.5. The number of amides is 6. The minimum Gasteiger partial charge on any atom is -0.477 e. The first-order valence-electron chi connectivity index (χ1n) is 19.4. The number of morpholine rings is 1. The third kappa shape index (κ3) is 8.48. The Labute approximate surface area is 347 Å². The Morgan fingerprint density at radius 1 is 0.833 bits per heavy atom. The summed E-state index contributed by atoms with van der Waals surface area (Å²) < 4.78 is 6.71. The van der Waals surface area contributed by atoms with Crippen molar-refractivity contribution in [3.63, 3.8) is 0 Å². The molecule has 8 rings (SSSR count). The fourth-order valence-corrected chi connectivity index (χ4v) is 7.94. The van der Waals surface area contributed by atoms with Gasteiger partial charge in [-0.25, -0.2) is 9.59 Å². The number of piperidine rings is 1. The van der Waals surface area contributed by atoms with Crippen LogP contribution in [0.2, 0.25) is 5.02 Å². The van der Waals surface area contributed by atoms with Crippen LogP contribution >= 0.6 is 11.6 Å². The molecule has 20 heteroatoms. The molecule has 3 aliphatic rings. The van der Waals surface area contributed by atoms with E-state index in [1.54, 1.807) is 59.5 Å². The molecule has 19 nitrogen and oxygen atoms in total. The number of H-pyrrole nitrogens is 1. The zero-order chi connectivity index (χ0) is 41.9. The average Bonchev–Trinajstić information content (AvgIpc) is 3.96. The van der Waals surface area contributed by atoms with Crippen molar-refractivity contribution in [2.45, 2.75) is 25.3 Å². The summed E-state index contributed by atoms with van der Waals surface area (Å²) in [5.41, 5.74) is 2.75. The number of ether oxygens (including phenoxy) is 1. The van der Waals surface area contributed by atoms with Gasteiger partial charge in [-0.1, -0.05) is 23.7 Å². The second-order valence-electron chi connectivity index (χ2n) is 14.7. The van der Waals surface area contributed by atoms with Crippen molar-refractivity contribution in [3.05, 3.63) is 89.3 Å². The number of aromatic carboxylic acids is 1. The van der Waals surface area contributed by atoms with Crippen LogP contribution in [0, 0.1) is 5.92 Å². The molecule has 2 aromatic heterocycles. The Hall–Kier alpha value is -6.86. The average molecular weight is 838 g/mol. The molecule has 0 bridgehead atoms. The number of carbonyl (C=O) groups is 6. The monoisotopic (exact) mass is 837 g/mol. The summed E-state index contributed by atoms with van der Waals surface area (Å²) in [6.45, 7) is 3.11. The van der Waals surface area contributed by atoms with E-state index in [4.69, 9.17) is 16.3 Å². The predicted molar refractivity (Wildman–Crippen MR) is 217 cm³/mol. The number of piperazine rings is 1. The standard InChI is InChI=1S/C40H40ClN11O8/c41-27-3-8-32(52-23-42-46-47-52)33(22-27)50-13-14-51(38(56)37(50)55)34(35(53)43-29-6-7-30-26(20-29)21-31(45-30)39(57)58)19-24-1-4-28(5-2-24)44-40(59)49-11-9-25(10-12-49)36(54)48-15-17-60-18-16-48/h1-8,20-23,25,34,45H,9-19H2,(H,43,53)(H,44,59)(H,57,58). The van der Waals surface area contributed by atoms with E-state index in [2.05, 4.69) is 31.1 Å². The largest absolute Gasteiger partial charge is 0.477 e. The van der Waals surface area contributed by atoms with Crippen molar-refractivity contribution in [3.8, 4) is 5.69 Å². The van der Waals surface area contributed by atoms with Crippen molar-refractivity contribution in [2.75, 3.05) is 68.0 Å². The number of hydrogen-bond donors (Lipinski definition) is 4. The van der Waals surface area contributed by atoms with Crippen molar-refractivity contribution < 1.29 is 38.6 Å². The van der Waals surface area contributed by atoms with E-state index < -0.39 is 29.7 Å². The Morgan fingerprint density at radius 3 is 2.30 bits per heavy atom. The van der Waals surface area contributed by atoms with Crippen molar-refractivity contribution in [1.82, 2.24) is 39.9 Å². The summed E-state index contributed by atoms with van der Waals surface area (Å²) in [7, 11) is 0. The maximum Gasteiger partial charge on any atom is 0.352 e. The van der Waals surface area contributed by atoms with E-state index in [1.807, 2.05) is 4.90 Å². The molecule has 1 atom stereocenters. The maximum absolute atomic E-state index is 14.2. The number of aromatic amines is 1. The first-order valence-corrected chi connectivity index (χ1v) is 19.7. The van der Waals surface area contributed by atoms with E-state index in [-0.39, 0.29) is 43.1 Å². The van der Waals surface area contributed by atoms with Crippen LogP contribution in [0.25, 0.3) is 16.6 Å². The Kier molecular flexibility index (Phi) is 11.4. The fourth-order valence-electron chi connectivity index (χ4n) is 7.77. The van der Waals surface area contributed by atoms with Crippen LogP contribution in [0.4, 0.5) is 21.9 Å². The molecule has 5 heterocycles. The number of urea groups is 1. The van der Waals surface area contributed by atoms with E-state index in [0.29, 0.717) is 96.5 Å². The van der Waals surface area contributed by atoms with Gasteiger partial charge in [0.1, 0.15) is 18.1 Å². The smallest absolute Gasteiger partial charge is 0.352 e. The summed E-state index contributed by atoms with van der Waals surface area (Å²) in [5.74, 6) is -3.54. The predicted octanol–water partition coefficient (Wildman–Crippen LogP) is 3.02. The molecule has 3 saturated heterocycles. The Bertz CT molecular complexity index is 2440.